The highest BCUT2D eigenvalue weighted by atomic mass is 28.4. The number of carbonyl (C=O) groups excluding carboxylic acids is 4. The molecule has 1 aliphatic rings. The first-order valence-corrected chi connectivity index (χ1v) is 24.8. The van der Waals surface area contributed by atoms with Crippen LogP contribution >= 0.6 is 0 Å². The molecule has 0 bridgehead atoms. The summed E-state index contributed by atoms with van der Waals surface area (Å²) >= 11 is 0. The van der Waals surface area contributed by atoms with Crippen molar-refractivity contribution < 1.29 is 33.1 Å². The molecule has 4 atom stereocenters. The average molecular weight is 857 g/mol. The Kier molecular flexibility index (Phi) is 17.6. The number of nitrogens with one attached hydrogen (secondary N) is 2. The minimum atomic E-state index is -2.49. The van der Waals surface area contributed by atoms with Crippen LogP contribution in [0.4, 0.5) is 9.59 Å². The number of hydrogen-bond acceptors (Lipinski definition) is 7. The first kappa shape index (κ1) is 49.0. The van der Waals surface area contributed by atoms with Crippen LogP contribution in [0.25, 0.3) is 0 Å². The van der Waals surface area contributed by atoms with E-state index in [2.05, 4.69) is 44.5 Å². The van der Waals surface area contributed by atoms with Gasteiger partial charge in [0.15, 0.2) is 8.32 Å². The minimum Gasteiger partial charge on any atom is -0.445 e. The summed E-state index contributed by atoms with van der Waals surface area (Å²) in [5.74, 6) is -1.18. The molecule has 12 heteroatoms. The predicted octanol–water partition coefficient (Wildman–Crippen LogP) is 9.16. The van der Waals surface area contributed by atoms with Gasteiger partial charge in [-0.1, -0.05) is 126 Å². The lowest BCUT2D eigenvalue weighted by Gasteiger charge is -2.42. The van der Waals surface area contributed by atoms with Crippen LogP contribution in [0.5, 0.6) is 0 Å². The predicted molar refractivity (Wildman–Crippen MR) is 244 cm³/mol. The van der Waals surface area contributed by atoms with Gasteiger partial charge in [-0.05, 0) is 93.6 Å². The van der Waals surface area contributed by atoms with Crippen molar-refractivity contribution in [3.63, 3.8) is 0 Å². The zero-order valence-corrected chi connectivity index (χ0v) is 39.5. The van der Waals surface area contributed by atoms with E-state index in [0.29, 0.717) is 38.8 Å². The third-order valence-electron chi connectivity index (χ3n) is 12.0. The normalized spacial score (nSPS) is 15.9. The number of hydrogen-bond donors (Lipinski definition) is 2. The standard InChI is InChI=1S/C49H72N4O7Si/c1-35(2)43(45(55)53-29-27-40(28-30-53)52(9)47(57)58-34-38-25-19-14-20-26-38)51-44(54)39(31-36-21-15-12-16-22-36)33-42(60-61(10,11)49(6,7)8)41(32-37-23-17-13-18-24-37)50-46(56)59-48(3,4)5/h12-26,35,39-43H,27-34H2,1-11H3,(H,50,56)(H,51,54)/t39-,41-,42+,43-/m0/s1. The summed E-state index contributed by atoms with van der Waals surface area (Å²) in [5.41, 5.74) is 2.20. The van der Waals surface area contributed by atoms with Crippen molar-refractivity contribution in [3.8, 4) is 0 Å². The zero-order chi connectivity index (χ0) is 45.0. The molecule has 0 aliphatic carbocycles. The van der Waals surface area contributed by atoms with E-state index in [0.717, 1.165) is 16.7 Å². The summed E-state index contributed by atoms with van der Waals surface area (Å²) in [6.07, 6.45) is 0.831. The van der Waals surface area contributed by atoms with Gasteiger partial charge in [0.25, 0.3) is 0 Å². The summed E-state index contributed by atoms with van der Waals surface area (Å²) in [5, 5.41) is 6.21. The molecule has 334 valence electrons. The lowest BCUT2D eigenvalue weighted by Crippen LogP contribution is -2.57. The van der Waals surface area contributed by atoms with Gasteiger partial charge in [0, 0.05) is 32.1 Å². The molecule has 61 heavy (non-hydrogen) atoms. The molecule has 3 aromatic carbocycles. The van der Waals surface area contributed by atoms with Crippen molar-refractivity contribution in [2.24, 2.45) is 11.8 Å². The number of ether oxygens (including phenoxy) is 2. The highest BCUT2D eigenvalue weighted by molar-refractivity contribution is 6.74. The maximum atomic E-state index is 14.8. The summed E-state index contributed by atoms with van der Waals surface area (Å²) in [6, 6.07) is 28.0. The largest absolute Gasteiger partial charge is 0.445 e. The Morgan fingerprint density at radius 3 is 1.77 bits per heavy atom. The summed E-state index contributed by atoms with van der Waals surface area (Å²) in [6.45, 7) is 21.4. The molecule has 4 rings (SSSR count). The molecule has 1 aliphatic heterocycles. The summed E-state index contributed by atoms with van der Waals surface area (Å²) < 4.78 is 18.6. The number of piperidine rings is 1. The molecule has 1 saturated heterocycles. The van der Waals surface area contributed by atoms with Crippen LogP contribution < -0.4 is 10.6 Å². The van der Waals surface area contributed by atoms with Crippen LogP contribution in [0.3, 0.4) is 0 Å². The number of rotatable bonds is 17. The summed E-state index contributed by atoms with van der Waals surface area (Å²) in [4.78, 5) is 59.0. The number of likely N-dealkylation sites (tertiary alicyclic amines) is 1. The topological polar surface area (TPSA) is 127 Å². The van der Waals surface area contributed by atoms with Crippen LogP contribution in [0.1, 0.15) is 91.3 Å². The fourth-order valence-electron chi connectivity index (χ4n) is 7.34. The molecule has 11 nitrogen and oxygen atoms in total. The van der Waals surface area contributed by atoms with Crippen molar-refractivity contribution in [3.05, 3.63) is 108 Å². The maximum absolute atomic E-state index is 14.8. The Balaban J connectivity index is 1.58. The van der Waals surface area contributed by atoms with Gasteiger partial charge < -0.3 is 34.3 Å². The molecule has 1 heterocycles. The van der Waals surface area contributed by atoms with Crippen molar-refractivity contribution in [1.29, 1.82) is 0 Å². The van der Waals surface area contributed by atoms with Crippen LogP contribution in [0, 0.1) is 11.8 Å². The number of benzene rings is 3. The van der Waals surface area contributed by atoms with Crippen molar-refractivity contribution in [2.45, 2.75) is 142 Å². The Hall–Kier alpha value is -4.68. The second-order valence-electron chi connectivity index (χ2n) is 19.4. The van der Waals surface area contributed by atoms with Crippen LogP contribution in [-0.4, -0.2) is 92.1 Å². The minimum absolute atomic E-state index is 0.0781. The summed E-state index contributed by atoms with van der Waals surface area (Å²) in [7, 11) is -0.743. The van der Waals surface area contributed by atoms with E-state index >= 15 is 0 Å². The van der Waals surface area contributed by atoms with Gasteiger partial charge in [0.05, 0.1) is 12.1 Å². The van der Waals surface area contributed by atoms with E-state index in [9.17, 15) is 19.2 Å². The first-order valence-electron chi connectivity index (χ1n) is 21.9. The van der Waals surface area contributed by atoms with Gasteiger partial charge in [-0.3, -0.25) is 9.59 Å². The van der Waals surface area contributed by atoms with E-state index in [-0.39, 0.29) is 41.8 Å². The average Bonchev–Trinajstić information content (AvgIpc) is 3.20. The zero-order valence-electron chi connectivity index (χ0n) is 38.5. The molecule has 0 saturated carbocycles. The van der Waals surface area contributed by atoms with Crippen molar-refractivity contribution >= 4 is 32.3 Å². The Morgan fingerprint density at radius 1 is 0.770 bits per heavy atom. The molecule has 1 fully saturated rings. The van der Waals surface area contributed by atoms with Gasteiger partial charge in [0.2, 0.25) is 11.8 Å². The second kappa shape index (κ2) is 21.9. The molecule has 0 aromatic heterocycles. The van der Waals surface area contributed by atoms with Crippen LogP contribution in [0.15, 0.2) is 91.0 Å². The van der Waals surface area contributed by atoms with Gasteiger partial charge in [-0.15, -0.1) is 0 Å². The number of amides is 4. The van der Waals surface area contributed by atoms with E-state index in [1.165, 1.54) is 0 Å². The molecule has 0 radical (unpaired) electrons. The van der Waals surface area contributed by atoms with E-state index in [4.69, 9.17) is 13.9 Å². The Morgan fingerprint density at radius 2 is 1.28 bits per heavy atom. The molecular formula is C49H72N4O7Si. The third-order valence-corrected chi connectivity index (χ3v) is 16.5. The number of alkyl carbamates (subject to hydrolysis) is 1. The van der Waals surface area contributed by atoms with Crippen LogP contribution in [0.2, 0.25) is 18.1 Å². The number of nitrogens with zero attached hydrogens (tertiary/aromatic N) is 2. The maximum Gasteiger partial charge on any atom is 0.410 e. The SMILES string of the molecule is CC(C)[C@H](NC(=O)[C@@H](Cc1ccccc1)C[C@@H](O[Si](C)(C)C(C)(C)C)[C@H](Cc1ccccc1)NC(=O)OC(C)(C)C)C(=O)N1CCC(N(C)C(=O)OCc2ccccc2)CC1. The fourth-order valence-corrected chi connectivity index (χ4v) is 8.71. The van der Waals surface area contributed by atoms with Crippen LogP contribution in [-0.2, 0) is 42.9 Å². The molecule has 0 unspecified atom stereocenters. The highest BCUT2D eigenvalue weighted by Crippen LogP contribution is 2.39. The van der Waals surface area contributed by atoms with E-state index in [1.807, 2.05) is 126 Å². The quantitative estimate of drug-likeness (QED) is 0.130. The molecule has 4 amide bonds. The monoisotopic (exact) mass is 857 g/mol. The fraction of sp³-hybridized carbons (Fsp3) is 0.551. The second-order valence-corrected chi connectivity index (χ2v) is 24.2. The first-order chi connectivity index (χ1) is 28.6. The molecule has 0 spiro atoms. The van der Waals surface area contributed by atoms with Gasteiger partial charge in [-0.2, -0.15) is 0 Å². The van der Waals surface area contributed by atoms with Gasteiger partial charge >= 0.3 is 12.2 Å². The van der Waals surface area contributed by atoms with E-state index in [1.54, 1.807) is 16.8 Å². The van der Waals surface area contributed by atoms with Gasteiger partial charge in [-0.25, -0.2) is 9.59 Å². The highest BCUT2D eigenvalue weighted by Gasteiger charge is 2.43. The lowest BCUT2D eigenvalue weighted by atomic mass is 9.88. The Labute approximate surface area is 366 Å². The van der Waals surface area contributed by atoms with Crippen molar-refractivity contribution in [1.82, 2.24) is 20.4 Å². The van der Waals surface area contributed by atoms with E-state index < -0.39 is 50.2 Å². The number of carbonyl (C=O) groups is 4. The smallest absolute Gasteiger partial charge is 0.410 e. The van der Waals surface area contributed by atoms with Gasteiger partial charge in [0.1, 0.15) is 18.2 Å². The molecule has 2 N–H and O–H groups in total. The van der Waals surface area contributed by atoms with Crippen molar-refractivity contribution in [2.75, 3.05) is 20.1 Å². The third kappa shape index (κ3) is 15.3. The molecular weight excluding hydrogens is 785 g/mol. The Bertz CT molecular complexity index is 1840. The molecule has 3 aromatic rings. The lowest BCUT2D eigenvalue weighted by molar-refractivity contribution is -0.140.